The fourth-order valence-corrected chi connectivity index (χ4v) is 1.89. The van der Waals surface area contributed by atoms with Crippen molar-refractivity contribution in [2.45, 2.75) is 6.29 Å². The highest BCUT2D eigenvalue weighted by molar-refractivity contribution is 7.92. The highest BCUT2D eigenvalue weighted by Gasteiger charge is 2.14. The zero-order valence-electron chi connectivity index (χ0n) is 7.29. The lowest BCUT2D eigenvalue weighted by Crippen LogP contribution is -2.25. The summed E-state index contributed by atoms with van der Waals surface area (Å²) < 4.78 is 24.6. The number of rotatable bonds is 4. The van der Waals surface area contributed by atoms with Gasteiger partial charge in [0.15, 0.2) is 6.29 Å². The molecule has 0 unspecified atom stereocenters. The SMILES string of the molecule is O=S(=O)(CC(O)O)Nc1ccccc1. The molecular formula is C8H11NO4S. The van der Waals surface area contributed by atoms with E-state index in [9.17, 15) is 8.42 Å². The van der Waals surface area contributed by atoms with Gasteiger partial charge in [-0.3, -0.25) is 4.72 Å². The lowest BCUT2D eigenvalue weighted by Gasteiger charge is -2.08. The van der Waals surface area contributed by atoms with Crippen molar-refractivity contribution in [3.05, 3.63) is 30.3 Å². The molecule has 3 N–H and O–H groups in total. The van der Waals surface area contributed by atoms with Gasteiger partial charge >= 0.3 is 0 Å². The summed E-state index contributed by atoms with van der Waals surface area (Å²) in [5.74, 6) is -0.734. The minimum atomic E-state index is -3.68. The average molecular weight is 217 g/mol. The summed E-state index contributed by atoms with van der Waals surface area (Å²) in [7, 11) is -3.68. The van der Waals surface area contributed by atoms with E-state index in [4.69, 9.17) is 10.2 Å². The topological polar surface area (TPSA) is 86.6 Å². The van der Waals surface area contributed by atoms with E-state index in [1.54, 1.807) is 30.3 Å². The third kappa shape index (κ3) is 3.73. The number of aliphatic hydroxyl groups excluding tert-OH is 1. The standard InChI is InChI=1S/C8H11NO4S/c10-8(11)6-14(12,13)9-7-4-2-1-3-5-7/h1-5,8-11H,6H2. The molecule has 1 aromatic carbocycles. The van der Waals surface area contributed by atoms with Gasteiger partial charge in [-0.1, -0.05) is 18.2 Å². The summed E-state index contributed by atoms with van der Waals surface area (Å²) in [6.07, 6.45) is -1.86. The molecule has 0 aromatic heterocycles. The lowest BCUT2D eigenvalue weighted by molar-refractivity contribution is -0.0197. The normalized spacial score (nSPS) is 11.6. The van der Waals surface area contributed by atoms with E-state index in [1.165, 1.54) is 0 Å². The van der Waals surface area contributed by atoms with Crippen LogP contribution in [-0.2, 0) is 10.0 Å². The Morgan fingerprint density at radius 2 is 1.79 bits per heavy atom. The van der Waals surface area contributed by atoms with Crippen LogP contribution in [0.4, 0.5) is 5.69 Å². The van der Waals surface area contributed by atoms with Crippen LogP contribution in [0.2, 0.25) is 0 Å². The highest BCUT2D eigenvalue weighted by atomic mass is 32.2. The van der Waals surface area contributed by atoms with E-state index >= 15 is 0 Å². The van der Waals surface area contributed by atoms with Crippen molar-refractivity contribution in [1.82, 2.24) is 0 Å². The second-order valence-electron chi connectivity index (χ2n) is 2.73. The van der Waals surface area contributed by atoms with E-state index in [0.717, 1.165) is 0 Å². The second kappa shape index (κ2) is 4.41. The Bertz CT molecular complexity index is 374. The van der Waals surface area contributed by atoms with E-state index in [1.807, 2.05) is 0 Å². The summed E-state index contributed by atoms with van der Waals surface area (Å²) in [6.45, 7) is 0. The van der Waals surface area contributed by atoms with Gasteiger partial charge in [0, 0.05) is 5.69 Å². The molecule has 6 heteroatoms. The smallest absolute Gasteiger partial charge is 0.237 e. The van der Waals surface area contributed by atoms with Gasteiger partial charge < -0.3 is 10.2 Å². The van der Waals surface area contributed by atoms with Gasteiger partial charge in [0.1, 0.15) is 5.75 Å². The first-order valence-corrected chi connectivity index (χ1v) is 5.56. The number of anilines is 1. The number of para-hydroxylation sites is 1. The molecule has 5 nitrogen and oxygen atoms in total. The minimum Gasteiger partial charge on any atom is -0.367 e. The molecule has 0 aliphatic carbocycles. The third-order valence-electron chi connectivity index (χ3n) is 1.42. The van der Waals surface area contributed by atoms with Crippen molar-refractivity contribution < 1.29 is 18.6 Å². The maximum atomic E-state index is 11.2. The van der Waals surface area contributed by atoms with Crippen LogP contribution in [-0.4, -0.2) is 30.7 Å². The zero-order valence-corrected chi connectivity index (χ0v) is 8.11. The van der Waals surface area contributed by atoms with Crippen LogP contribution < -0.4 is 4.72 Å². The van der Waals surface area contributed by atoms with Crippen LogP contribution in [0.3, 0.4) is 0 Å². The van der Waals surface area contributed by atoms with Crippen LogP contribution in [0.15, 0.2) is 30.3 Å². The first-order valence-electron chi connectivity index (χ1n) is 3.91. The van der Waals surface area contributed by atoms with Crippen molar-refractivity contribution in [2.75, 3.05) is 10.5 Å². The first kappa shape index (κ1) is 11.0. The van der Waals surface area contributed by atoms with Crippen LogP contribution in [0.1, 0.15) is 0 Å². The Morgan fingerprint density at radius 1 is 1.21 bits per heavy atom. The van der Waals surface area contributed by atoms with E-state index in [0.29, 0.717) is 5.69 Å². The second-order valence-corrected chi connectivity index (χ2v) is 4.50. The maximum absolute atomic E-state index is 11.2. The van der Waals surface area contributed by atoms with E-state index in [-0.39, 0.29) is 0 Å². The Balaban J connectivity index is 2.70. The van der Waals surface area contributed by atoms with Gasteiger partial charge in [-0.2, -0.15) is 0 Å². The summed E-state index contributed by atoms with van der Waals surface area (Å²) in [5.41, 5.74) is 0.396. The fraction of sp³-hybridized carbons (Fsp3) is 0.250. The van der Waals surface area contributed by atoms with Crippen molar-refractivity contribution in [3.63, 3.8) is 0 Å². The predicted molar refractivity (Wildman–Crippen MR) is 52.1 cm³/mol. The Labute approximate surface area is 82.1 Å². The van der Waals surface area contributed by atoms with Crippen LogP contribution in [0.25, 0.3) is 0 Å². The van der Waals surface area contributed by atoms with E-state index < -0.39 is 22.1 Å². The summed E-state index contributed by atoms with van der Waals surface area (Å²) in [4.78, 5) is 0. The number of hydrogen-bond acceptors (Lipinski definition) is 4. The maximum Gasteiger partial charge on any atom is 0.237 e. The molecule has 0 spiro atoms. The van der Waals surface area contributed by atoms with Crippen molar-refractivity contribution >= 4 is 15.7 Å². The molecule has 0 bridgehead atoms. The first-order chi connectivity index (χ1) is 6.49. The molecule has 14 heavy (non-hydrogen) atoms. The number of benzene rings is 1. The molecule has 0 radical (unpaired) electrons. The minimum absolute atomic E-state index is 0.396. The highest BCUT2D eigenvalue weighted by Crippen LogP contribution is 2.07. The van der Waals surface area contributed by atoms with Crippen molar-refractivity contribution in [3.8, 4) is 0 Å². The number of sulfonamides is 1. The number of nitrogens with one attached hydrogen (secondary N) is 1. The molecule has 0 fully saturated rings. The van der Waals surface area contributed by atoms with Gasteiger partial charge in [0.25, 0.3) is 0 Å². The number of hydrogen-bond donors (Lipinski definition) is 3. The summed E-state index contributed by atoms with van der Waals surface area (Å²) in [6, 6.07) is 8.24. The Hall–Kier alpha value is -1.11. The third-order valence-corrected chi connectivity index (χ3v) is 2.70. The van der Waals surface area contributed by atoms with Gasteiger partial charge in [-0.25, -0.2) is 8.42 Å². The van der Waals surface area contributed by atoms with E-state index in [2.05, 4.69) is 4.72 Å². The molecule has 0 saturated carbocycles. The number of aliphatic hydroxyl groups is 2. The lowest BCUT2D eigenvalue weighted by atomic mass is 10.3. The molecule has 0 amide bonds. The molecule has 0 aliphatic rings. The monoisotopic (exact) mass is 217 g/mol. The van der Waals surface area contributed by atoms with Crippen LogP contribution in [0.5, 0.6) is 0 Å². The molecule has 0 aliphatic heterocycles. The largest absolute Gasteiger partial charge is 0.367 e. The summed E-state index contributed by atoms with van der Waals surface area (Å²) >= 11 is 0. The molecule has 0 heterocycles. The van der Waals surface area contributed by atoms with Crippen LogP contribution in [0, 0.1) is 0 Å². The Morgan fingerprint density at radius 3 is 2.29 bits per heavy atom. The summed E-state index contributed by atoms with van der Waals surface area (Å²) in [5, 5.41) is 17.0. The molecule has 1 aromatic rings. The molecule has 78 valence electrons. The molecule has 0 saturated heterocycles. The van der Waals surface area contributed by atoms with Crippen molar-refractivity contribution in [2.24, 2.45) is 0 Å². The van der Waals surface area contributed by atoms with Crippen molar-refractivity contribution in [1.29, 1.82) is 0 Å². The van der Waals surface area contributed by atoms with Gasteiger partial charge in [0.05, 0.1) is 0 Å². The van der Waals surface area contributed by atoms with Gasteiger partial charge in [-0.05, 0) is 12.1 Å². The zero-order chi connectivity index (χ0) is 10.6. The van der Waals surface area contributed by atoms with Gasteiger partial charge in [-0.15, -0.1) is 0 Å². The quantitative estimate of drug-likeness (QED) is 0.606. The Kier molecular flexibility index (Phi) is 3.45. The van der Waals surface area contributed by atoms with Gasteiger partial charge in [0.2, 0.25) is 10.0 Å². The average Bonchev–Trinajstić information content (AvgIpc) is 2.02. The predicted octanol–water partition coefficient (Wildman–Crippen LogP) is -0.261. The molecular weight excluding hydrogens is 206 g/mol. The molecule has 0 atom stereocenters. The molecule has 1 rings (SSSR count). The van der Waals surface area contributed by atoms with Crippen LogP contribution >= 0.6 is 0 Å². The fourth-order valence-electron chi connectivity index (χ4n) is 0.924.